The number of aromatic nitrogens is 2. The topological polar surface area (TPSA) is 50.3 Å². The summed E-state index contributed by atoms with van der Waals surface area (Å²) in [6.45, 7) is 6.64. The Labute approximate surface area is 102 Å². The fourth-order valence-electron chi connectivity index (χ4n) is 1.58. The Balaban J connectivity index is 2.18. The van der Waals surface area contributed by atoms with Crippen molar-refractivity contribution in [1.82, 2.24) is 9.97 Å². The highest BCUT2D eigenvalue weighted by atomic mass is 16.5. The molecule has 1 N–H and O–H groups in total. The van der Waals surface area contributed by atoms with E-state index >= 15 is 0 Å². The van der Waals surface area contributed by atoms with Crippen LogP contribution in [-0.4, -0.2) is 42.8 Å². The lowest BCUT2D eigenvalue weighted by molar-refractivity contribution is 0.0209. The maximum atomic E-state index is 5.15. The van der Waals surface area contributed by atoms with Gasteiger partial charge in [0, 0.05) is 25.4 Å². The SMILES string of the molecule is CCc1cc(NC2COC2)nc(N(C)CC)n1. The number of anilines is 2. The number of hydrogen-bond acceptors (Lipinski definition) is 5. The number of ether oxygens (including phenoxy) is 1. The van der Waals surface area contributed by atoms with Crippen molar-refractivity contribution in [2.45, 2.75) is 26.3 Å². The number of aryl methyl sites for hydroxylation is 1. The van der Waals surface area contributed by atoms with Crippen LogP contribution in [0.4, 0.5) is 11.8 Å². The van der Waals surface area contributed by atoms with E-state index in [-0.39, 0.29) is 0 Å². The van der Waals surface area contributed by atoms with Crippen LogP contribution in [0.3, 0.4) is 0 Å². The Morgan fingerprint density at radius 3 is 2.71 bits per heavy atom. The highest BCUT2D eigenvalue weighted by Crippen LogP contribution is 2.16. The molecule has 0 saturated carbocycles. The monoisotopic (exact) mass is 236 g/mol. The molecule has 0 aliphatic carbocycles. The molecule has 0 unspecified atom stereocenters. The molecule has 0 radical (unpaired) electrons. The lowest BCUT2D eigenvalue weighted by Crippen LogP contribution is -2.40. The van der Waals surface area contributed by atoms with Crippen LogP contribution in [0.25, 0.3) is 0 Å². The zero-order chi connectivity index (χ0) is 12.3. The van der Waals surface area contributed by atoms with Gasteiger partial charge in [-0.05, 0) is 13.3 Å². The molecule has 5 heteroatoms. The molecule has 0 amide bonds. The minimum atomic E-state index is 0.398. The van der Waals surface area contributed by atoms with Gasteiger partial charge in [-0.2, -0.15) is 4.98 Å². The zero-order valence-electron chi connectivity index (χ0n) is 10.7. The molecule has 2 rings (SSSR count). The van der Waals surface area contributed by atoms with Crippen molar-refractivity contribution in [3.63, 3.8) is 0 Å². The van der Waals surface area contributed by atoms with E-state index < -0.39 is 0 Å². The van der Waals surface area contributed by atoms with Crippen LogP contribution in [0.2, 0.25) is 0 Å². The smallest absolute Gasteiger partial charge is 0.227 e. The Morgan fingerprint density at radius 2 is 2.18 bits per heavy atom. The van der Waals surface area contributed by atoms with E-state index in [1.807, 2.05) is 18.0 Å². The fraction of sp³-hybridized carbons (Fsp3) is 0.667. The van der Waals surface area contributed by atoms with Crippen molar-refractivity contribution in [1.29, 1.82) is 0 Å². The van der Waals surface area contributed by atoms with Gasteiger partial charge in [0.05, 0.1) is 19.3 Å². The number of rotatable bonds is 5. The van der Waals surface area contributed by atoms with Crippen LogP contribution < -0.4 is 10.2 Å². The lowest BCUT2D eigenvalue weighted by Gasteiger charge is -2.28. The Kier molecular flexibility index (Phi) is 3.78. The van der Waals surface area contributed by atoms with E-state index in [1.165, 1.54) is 0 Å². The molecule has 94 valence electrons. The van der Waals surface area contributed by atoms with Gasteiger partial charge >= 0.3 is 0 Å². The molecule has 0 aromatic carbocycles. The normalized spacial score (nSPS) is 15.5. The predicted octanol–water partition coefficient (Wildman–Crippen LogP) is 1.31. The summed E-state index contributed by atoms with van der Waals surface area (Å²) in [5.41, 5.74) is 1.07. The summed E-state index contributed by atoms with van der Waals surface area (Å²) in [6, 6.07) is 2.42. The van der Waals surface area contributed by atoms with E-state index in [0.29, 0.717) is 6.04 Å². The molecule has 1 aromatic rings. The maximum Gasteiger partial charge on any atom is 0.227 e. The Morgan fingerprint density at radius 1 is 1.41 bits per heavy atom. The van der Waals surface area contributed by atoms with Crippen LogP contribution in [0.1, 0.15) is 19.5 Å². The Bertz CT molecular complexity index is 379. The second kappa shape index (κ2) is 5.31. The van der Waals surface area contributed by atoms with Crippen LogP contribution in [0.15, 0.2) is 6.07 Å². The second-order valence-corrected chi connectivity index (χ2v) is 4.29. The molecular formula is C12H20N4O. The van der Waals surface area contributed by atoms with Gasteiger partial charge in [-0.15, -0.1) is 0 Å². The highest BCUT2D eigenvalue weighted by molar-refractivity contribution is 5.44. The number of nitrogens with zero attached hydrogens (tertiary/aromatic N) is 3. The molecule has 5 nitrogen and oxygen atoms in total. The standard InChI is InChI=1S/C12H20N4O/c1-4-9-6-11(13-10-7-17-8-10)15-12(14-9)16(3)5-2/h6,10H,4-5,7-8H2,1-3H3,(H,13,14,15). The largest absolute Gasteiger partial charge is 0.377 e. The van der Waals surface area contributed by atoms with Crippen molar-refractivity contribution >= 4 is 11.8 Å². The average molecular weight is 236 g/mol. The van der Waals surface area contributed by atoms with Gasteiger partial charge in [-0.3, -0.25) is 0 Å². The van der Waals surface area contributed by atoms with Crippen LogP contribution in [0.5, 0.6) is 0 Å². The predicted molar refractivity (Wildman–Crippen MR) is 68.6 cm³/mol. The zero-order valence-corrected chi connectivity index (χ0v) is 10.7. The third-order valence-corrected chi connectivity index (χ3v) is 2.94. The van der Waals surface area contributed by atoms with E-state index in [2.05, 4.69) is 29.1 Å². The summed E-state index contributed by atoms with van der Waals surface area (Å²) in [5, 5.41) is 3.37. The first-order valence-electron chi connectivity index (χ1n) is 6.16. The molecule has 1 aromatic heterocycles. The summed E-state index contributed by atoms with van der Waals surface area (Å²) in [7, 11) is 2.00. The van der Waals surface area contributed by atoms with Gasteiger partial charge in [0.1, 0.15) is 5.82 Å². The number of hydrogen-bond donors (Lipinski definition) is 1. The maximum absolute atomic E-state index is 5.15. The van der Waals surface area contributed by atoms with Crippen molar-refractivity contribution in [2.24, 2.45) is 0 Å². The van der Waals surface area contributed by atoms with Crippen LogP contribution >= 0.6 is 0 Å². The van der Waals surface area contributed by atoms with Crippen molar-refractivity contribution in [3.8, 4) is 0 Å². The molecule has 1 aliphatic heterocycles. The molecule has 1 aliphatic rings. The summed E-state index contributed by atoms with van der Waals surface area (Å²) in [6.07, 6.45) is 0.920. The molecule has 0 atom stereocenters. The molecule has 1 fully saturated rings. The van der Waals surface area contributed by atoms with Crippen molar-refractivity contribution in [2.75, 3.05) is 37.0 Å². The molecule has 0 bridgehead atoms. The van der Waals surface area contributed by atoms with E-state index in [0.717, 1.165) is 43.6 Å². The minimum absolute atomic E-state index is 0.398. The first kappa shape index (κ1) is 12.1. The summed E-state index contributed by atoms with van der Waals surface area (Å²) in [5.74, 6) is 1.69. The lowest BCUT2D eigenvalue weighted by atomic mass is 10.2. The first-order valence-corrected chi connectivity index (χ1v) is 6.16. The molecule has 2 heterocycles. The van der Waals surface area contributed by atoms with Crippen molar-refractivity contribution < 1.29 is 4.74 Å². The van der Waals surface area contributed by atoms with Gasteiger partial charge in [0.15, 0.2) is 0 Å². The summed E-state index contributed by atoms with van der Waals surface area (Å²) in [4.78, 5) is 11.1. The molecular weight excluding hydrogens is 216 g/mol. The van der Waals surface area contributed by atoms with Crippen LogP contribution in [0, 0.1) is 0 Å². The second-order valence-electron chi connectivity index (χ2n) is 4.29. The van der Waals surface area contributed by atoms with Gasteiger partial charge in [-0.25, -0.2) is 4.98 Å². The van der Waals surface area contributed by atoms with Gasteiger partial charge in [0.25, 0.3) is 0 Å². The first-order chi connectivity index (χ1) is 8.22. The number of nitrogens with one attached hydrogen (secondary N) is 1. The van der Waals surface area contributed by atoms with Gasteiger partial charge < -0.3 is 15.0 Å². The molecule has 0 spiro atoms. The third kappa shape index (κ3) is 2.85. The average Bonchev–Trinajstić information content (AvgIpc) is 2.32. The third-order valence-electron chi connectivity index (χ3n) is 2.94. The minimum Gasteiger partial charge on any atom is -0.377 e. The Hall–Kier alpha value is -1.36. The fourth-order valence-corrected chi connectivity index (χ4v) is 1.58. The quantitative estimate of drug-likeness (QED) is 0.835. The van der Waals surface area contributed by atoms with Gasteiger partial charge in [0.2, 0.25) is 5.95 Å². The highest BCUT2D eigenvalue weighted by Gasteiger charge is 2.19. The summed E-state index contributed by atoms with van der Waals surface area (Å²) >= 11 is 0. The van der Waals surface area contributed by atoms with Crippen LogP contribution in [-0.2, 0) is 11.2 Å². The van der Waals surface area contributed by atoms with Crippen molar-refractivity contribution in [3.05, 3.63) is 11.8 Å². The molecule has 17 heavy (non-hydrogen) atoms. The van der Waals surface area contributed by atoms with E-state index in [9.17, 15) is 0 Å². The summed E-state index contributed by atoms with van der Waals surface area (Å²) < 4.78 is 5.15. The van der Waals surface area contributed by atoms with Gasteiger partial charge in [-0.1, -0.05) is 6.92 Å². The molecule has 1 saturated heterocycles. The van der Waals surface area contributed by atoms with E-state index in [4.69, 9.17) is 4.74 Å². The van der Waals surface area contributed by atoms with E-state index in [1.54, 1.807) is 0 Å².